The minimum atomic E-state index is -0.179. The fourth-order valence-electron chi connectivity index (χ4n) is 2.05. The van der Waals surface area contributed by atoms with Crippen LogP contribution in [0.2, 0.25) is 0 Å². The van der Waals surface area contributed by atoms with E-state index in [4.69, 9.17) is 10.00 Å². The molecule has 2 aromatic carbocycles. The number of anilines is 1. The number of rotatable bonds is 6. The summed E-state index contributed by atoms with van der Waals surface area (Å²) in [4.78, 5) is 24.3. The Morgan fingerprint density at radius 3 is 2.71 bits per heavy atom. The van der Waals surface area contributed by atoms with Gasteiger partial charge in [0.05, 0.1) is 17.3 Å². The van der Waals surface area contributed by atoms with Crippen LogP contribution in [0.5, 0.6) is 5.75 Å². The first kappa shape index (κ1) is 17.6. The molecular formula is C18H16N2O3S. The highest BCUT2D eigenvalue weighted by atomic mass is 32.2. The van der Waals surface area contributed by atoms with E-state index in [0.29, 0.717) is 22.6 Å². The molecule has 5 nitrogen and oxygen atoms in total. The Kier molecular flexibility index (Phi) is 5.99. The predicted molar refractivity (Wildman–Crippen MR) is 93.5 cm³/mol. The van der Waals surface area contributed by atoms with Gasteiger partial charge in [0, 0.05) is 17.4 Å². The molecular weight excluding hydrogens is 324 g/mol. The summed E-state index contributed by atoms with van der Waals surface area (Å²) in [7, 11) is 0. The Balaban J connectivity index is 2.09. The van der Waals surface area contributed by atoms with Gasteiger partial charge in [0.1, 0.15) is 5.75 Å². The summed E-state index contributed by atoms with van der Waals surface area (Å²) in [5.74, 6) is 0.134. The lowest BCUT2D eigenvalue weighted by Gasteiger charge is -2.10. The number of nitriles is 1. The Morgan fingerprint density at radius 2 is 2.04 bits per heavy atom. The summed E-state index contributed by atoms with van der Waals surface area (Å²) in [5.41, 5.74) is 1.66. The molecule has 0 heterocycles. The maximum absolute atomic E-state index is 12.3. The van der Waals surface area contributed by atoms with Crippen LogP contribution in [-0.4, -0.2) is 24.6 Å². The van der Waals surface area contributed by atoms with Crippen LogP contribution in [0.1, 0.15) is 22.8 Å². The first-order valence-corrected chi connectivity index (χ1v) is 8.37. The number of ether oxygens (including phenoxy) is 1. The van der Waals surface area contributed by atoms with Crippen LogP contribution in [0.25, 0.3) is 0 Å². The molecule has 2 aromatic rings. The number of carbonyl (C=O) groups is 2. The summed E-state index contributed by atoms with van der Waals surface area (Å²) in [6, 6.07) is 13.8. The average molecular weight is 340 g/mol. The summed E-state index contributed by atoms with van der Waals surface area (Å²) < 4.78 is 5.46. The quantitative estimate of drug-likeness (QED) is 0.643. The molecule has 0 saturated carbocycles. The fraction of sp³-hybridized carbons (Fsp3) is 0.167. The van der Waals surface area contributed by atoms with Crippen molar-refractivity contribution in [1.29, 1.82) is 5.26 Å². The molecule has 6 heteroatoms. The van der Waals surface area contributed by atoms with E-state index in [1.165, 1.54) is 18.7 Å². The highest BCUT2D eigenvalue weighted by Crippen LogP contribution is 2.27. The Hall–Kier alpha value is -2.78. The topological polar surface area (TPSA) is 79.2 Å². The third-order valence-corrected chi connectivity index (χ3v) is 3.94. The van der Waals surface area contributed by atoms with E-state index in [2.05, 4.69) is 5.32 Å². The van der Waals surface area contributed by atoms with Crippen molar-refractivity contribution < 1.29 is 14.3 Å². The van der Waals surface area contributed by atoms with Gasteiger partial charge in [-0.2, -0.15) is 5.26 Å². The normalized spacial score (nSPS) is 9.88. The van der Waals surface area contributed by atoms with Crippen LogP contribution in [-0.2, 0) is 4.79 Å². The van der Waals surface area contributed by atoms with Gasteiger partial charge in [-0.15, -0.1) is 11.8 Å². The third-order valence-electron chi connectivity index (χ3n) is 3.17. The molecule has 0 fully saturated rings. The summed E-state index contributed by atoms with van der Waals surface area (Å²) >= 11 is 1.44. The molecule has 1 amide bonds. The molecule has 122 valence electrons. The number of hydrogen-bond acceptors (Lipinski definition) is 5. The van der Waals surface area contributed by atoms with E-state index in [0.717, 1.165) is 4.90 Å². The van der Waals surface area contributed by atoms with E-state index >= 15 is 0 Å². The number of benzene rings is 2. The van der Waals surface area contributed by atoms with E-state index in [1.807, 2.05) is 12.3 Å². The number of thioether (sulfide) groups is 1. The predicted octanol–water partition coefficient (Wildman–Crippen LogP) is 3.50. The van der Waals surface area contributed by atoms with Crippen molar-refractivity contribution >= 4 is 29.1 Å². The van der Waals surface area contributed by atoms with Crippen LogP contribution in [0.4, 0.5) is 5.69 Å². The largest absolute Gasteiger partial charge is 0.485 e. The number of carbonyl (C=O) groups excluding carboxylic acids is 2. The zero-order valence-corrected chi connectivity index (χ0v) is 14.1. The van der Waals surface area contributed by atoms with Crippen molar-refractivity contribution in [3.63, 3.8) is 0 Å². The number of Topliss-reactive ketones (excluding diaryl/α,β-unsaturated/α-hetero) is 1. The van der Waals surface area contributed by atoms with Gasteiger partial charge >= 0.3 is 0 Å². The molecule has 0 unspecified atom stereocenters. The maximum atomic E-state index is 12.3. The minimum Gasteiger partial charge on any atom is -0.485 e. The fourth-order valence-corrected chi connectivity index (χ4v) is 2.63. The first-order chi connectivity index (χ1) is 11.5. The van der Waals surface area contributed by atoms with Crippen molar-refractivity contribution in [2.24, 2.45) is 0 Å². The molecule has 0 aliphatic heterocycles. The molecule has 0 aliphatic carbocycles. The maximum Gasteiger partial charge on any atom is 0.221 e. The minimum absolute atomic E-state index is 0.123. The van der Waals surface area contributed by atoms with Gasteiger partial charge in [0.2, 0.25) is 5.91 Å². The van der Waals surface area contributed by atoms with E-state index in [1.54, 1.807) is 42.5 Å². The zero-order valence-electron chi connectivity index (χ0n) is 13.3. The monoisotopic (exact) mass is 340 g/mol. The number of nitrogens with one attached hydrogen (secondary N) is 1. The SMILES string of the molecule is CSc1cc(C(=O)COc2cccc(C#N)c2)ccc1NC(C)=O. The highest BCUT2D eigenvalue weighted by Gasteiger charge is 2.11. The molecule has 24 heavy (non-hydrogen) atoms. The van der Waals surface area contributed by atoms with Crippen LogP contribution < -0.4 is 10.1 Å². The van der Waals surface area contributed by atoms with Crippen LogP contribution >= 0.6 is 11.8 Å². The number of amides is 1. The second-order valence-electron chi connectivity index (χ2n) is 4.95. The van der Waals surface area contributed by atoms with Gasteiger partial charge < -0.3 is 10.1 Å². The van der Waals surface area contributed by atoms with Gasteiger partial charge in [0.25, 0.3) is 0 Å². The van der Waals surface area contributed by atoms with Gasteiger partial charge in [-0.1, -0.05) is 6.07 Å². The second-order valence-corrected chi connectivity index (χ2v) is 5.80. The van der Waals surface area contributed by atoms with Crippen molar-refractivity contribution in [1.82, 2.24) is 0 Å². The van der Waals surface area contributed by atoms with Gasteiger partial charge in [-0.05, 0) is 42.7 Å². The average Bonchev–Trinajstić information content (AvgIpc) is 2.59. The van der Waals surface area contributed by atoms with Crippen LogP contribution in [0, 0.1) is 11.3 Å². The van der Waals surface area contributed by atoms with E-state index in [-0.39, 0.29) is 18.3 Å². The molecule has 1 N–H and O–H groups in total. The third kappa shape index (κ3) is 4.61. The first-order valence-electron chi connectivity index (χ1n) is 7.15. The van der Waals surface area contributed by atoms with Crippen LogP contribution in [0.15, 0.2) is 47.4 Å². The Morgan fingerprint density at radius 1 is 1.25 bits per heavy atom. The second kappa shape index (κ2) is 8.18. The van der Waals surface area contributed by atoms with E-state index in [9.17, 15) is 9.59 Å². The zero-order chi connectivity index (χ0) is 17.5. The standard InChI is InChI=1S/C18H16N2O3S/c1-12(21)20-16-7-6-14(9-18(16)24-2)17(22)11-23-15-5-3-4-13(8-15)10-19/h3-9H,11H2,1-2H3,(H,20,21). The van der Waals surface area contributed by atoms with Crippen LogP contribution in [0.3, 0.4) is 0 Å². The Labute approximate surface area is 144 Å². The summed E-state index contributed by atoms with van der Waals surface area (Å²) in [6.45, 7) is 1.31. The lowest BCUT2D eigenvalue weighted by molar-refractivity contribution is -0.114. The Bertz CT molecular complexity index is 812. The van der Waals surface area contributed by atoms with Gasteiger partial charge in [-0.3, -0.25) is 9.59 Å². The molecule has 0 aliphatic rings. The molecule has 0 aromatic heterocycles. The van der Waals surface area contributed by atoms with Crippen molar-refractivity contribution in [2.75, 3.05) is 18.2 Å². The lowest BCUT2D eigenvalue weighted by atomic mass is 10.1. The smallest absolute Gasteiger partial charge is 0.221 e. The number of hydrogen-bond donors (Lipinski definition) is 1. The molecule has 2 rings (SSSR count). The lowest BCUT2D eigenvalue weighted by Crippen LogP contribution is -2.12. The molecule has 0 saturated heterocycles. The molecule has 0 atom stereocenters. The number of ketones is 1. The molecule has 0 spiro atoms. The highest BCUT2D eigenvalue weighted by molar-refractivity contribution is 7.98. The van der Waals surface area contributed by atoms with Crippen molar-refractivity contribution in [3.8, 4) is 11.8 Å². The van der Waals surface area contributed by atoms with Gasteiger partial charge in [-0.25, -0.2) is 0 Å². The van der Waals surface area contributed by atoms with E-state index < -0.39 is 0 Å². The summed E-state index contributed by atoms with van der Waals surface area (Å²) in [6.07, 6.45) is 1.87. The van der Waals surface area contributed by atoms with Gasteiger partial charge in [0.15, 0.2) is 12.4 Å². The molecule has 0 radical (unpaired) electrons. The number of nitrogens with zero attached hydrogens (tertiary/aromatic N) is 1. The summed E-state index contributed by atoms with van der Waals surface area (Å²) in [5, 5.41) is 11.6. The van der Waals surface area contributed by atoms with Crippen molar-refractivity contribution in [2.45, 2.75) is 11.8 Å². The van der Waals surface area contributed by atoms with Crippen molar-refractivity contribution in [3.05, 3.63) is 53.6 Å². The molecule has 0 bridgehead atoms.